The first kappa shape index (κ1) is 21.3. The summed E-state index contributed by atoms with van der Waals surface area (Å²) >= 11 is 0. The molecule has 0 aliphatic carbocycles. The minimum atomic E-state index is -0.462. The Balaban J connectivity index is 1.38. The number of rotatable bonds is 6. The minimum absolute atomic E-state index is 0.00503. The molecule has 0 saturated carbocycles. The maximum absolute atomic E-state index is 13.3. The monoisotopic (exact) mass is 453 g/mol. The van der Waals surface area contributed by atoms with Gasteiger partial charge in [-0.15, -0.1) is 0 Å². The van der Waals surface area contributed by atoms with E-state index in [-0.39, 0.29) is 24.7 Å². The molecular weight excluding hydrogens is 433 g/mol. The van der Waals surface area contributed by atoms with Crippen molar-refractivity contribution in [2.24, 2.45) is 0 Å². The third-order valence-corrected chi connectivity index (χ3v) is 5.64. The maximum atomic E-state index is 13.3. The second kappa shape index (κ2) is 9.12. The number of amides is 1. The van der Waals surface area contributed by atoms with Gasteiger partial charge in [-0.05, 0) is 47.5 Å². The lowest BCUT2D eigenvalue weighted by molar-refractivity contribution is -0.117. The third kappa shape index (κ3) is 4.34. The molecule has 3 aromatic carbocycles. The quantitative estimate of drug-likeness (QED) is 0.337. The standard InChI is InChI=1S/C27H20FN3O3/c28-22-8-5-18(6-9-22)15-31-16-21(23-3-1-2-4-24(23)31)12-20(13-29)27(32)30-14-19-7-10-25-26(11-19)34-17-33-25/h1-12,16H,14-15,17H2,(H,30,32). The maximum Gasteiger partial charge on any atom is 0.262 e. The van der Waals surface area contributed by atoms with Crippen LogP contribution in [0.3, 0.4) is 0 Å². The average Bonchev–Trinajstić information content (AvgIpc) is 3.47. The van der Waals surface area contributed by atoms with E-state index in [0.717, 1.165) is 27.6 Å². The van der Waals surface area contributed by atoms with Crippen LogP contribution in [-0.4, -0.2) is 17.3 Å². The largest absolute Gasteiger partial charge is 0.454 e. The summed E-state index contributed by atoms with van der Waals surface area (Å²) in [5.41, 5.74) is 3.50. The predicted octanol–water partition coefficient (Wildman–Crippen LogP) is 4.78. The zero-order valence-corrected chi connectivity index (χ0v) is 18.1. The van der Waals surface area contributed by atoms with E-state index in [1.807, 2.05) is 47.2 Å². The fraction of sp³-hybridized carbons (Fsp3) is 0.111. The van der Waals surface area contributed by atoms with Crippen LogP contribution in [0.1, 0.15) is 16.7 Å². The SMILES string of the molecule is N#CC(=Cc1cn(Cc2ccc(F)cc2)c2ccccc12)C(=O)NCc1ccc2c(c1)OCO2. The zero-order chi connectivity index (χ0) is 23.5. The van der Waals surface area contributed by atoms with Crippen LogP contribution in [0, 0.1) is 17.1 Å². The number of nitrogens with one attached hydrogen (secondary N) is 1. The molecule has 0 fully saturated rings. The molecule has 168 valence electrons. The number of hydrogen-bond acceptors (Lipinski definition) is 4. The number of halogens is 1. The lowest BCUT2D eigenvalue weighted by Crippen LogP contribution is -2.23. The van der Waals surface area contributed by atoms with Crippen LogP contribution in [-0.2, 0) is 17.9 Å². The van der Waals surface area contributed by atoms with E-state index in [1.54, 1.807) is 30.3 Å². The van der Waals surface area contributed by atoms with Crippen LogP contribution in [0.2, 0.25) is 0 Å². The zero-order valence-electron chi connectivity index (χ0n) is 18.1. The molecule has 1 aliphatic rings. The van der Waals surface area contributed by atoms with Crippen molar-refractivity contribution < 1.29 is 18.7 Å². The van der Waals surface area contributed by atoms with E-state index >= 15 is 0 Å². The van der Waals surface area contributed by atoms with Gasteiger partial charge in [0.05, 0.1) is 0 Å². The molecule has 1 amide bonds. The van der Waals surface area contributed by atoms with E-state index in [9.17, 15) is 14.4 Å². The van der Waals surface area contributed by atoms with Crippen molar-refractivity contribution in [1.82, 2.24) is 9.88 Å². The minimum Gasteiger partial charge on any atom is -0.454 e. The summed E-state index contributed by atoms with van der Waals surface area (Å²) in [4.78, 5) is 12.8. The molecule has 4 aromatic rings. The van der Waals surface area contributed by atoms with Crippen molar-refractivity contribution in [1.29, 1.82) is 5.26 Å². The highest BCUT2D eigenvalue weighted by Gasteiger charge is 2.15. The van der Waals surface area contributed by atoms with E-state index in [4.69, 9.17) is 9.47 Å². The van der Waals surface area contributed by atoms with Gasteiger partial charge in [0.2, 0.25) is 6.79 Å². The Morgan fingerprint density at radius 1 is 1.06 bits per heavy atom. The number of carbonyl (C=O) groups excluding carboxylic acids is 1. The molecule has 0 atom stereocenters. The highest BCUT2D eigenvalue weighted by molar-refractivity contribution is 6.04. The van der Waals surface area contributed by atoms with Gasteiger partial charge in [0.15, 0.2) is 11.5 Å². The third-order valence-electron chi connectivity index (χ3n) is 5.64. The second-order valence-corrected chi connectivity index (χ2v) is 7.90. The number of benzene rings is 3. The van der Waals surface area contributed by atoms with Gasteiger partial charge in [-0.3, -0.25) is 4.79 Å². The van der Waals surface area contributed by atoms with Crippen LogP contribution in [0.25, 0.3) is 17.0 Å². The van der Waals surface area contributed by atoms with Gasteiger partial charge in [-0.25, -0.2) is 4.39 Å². The van der Waals surface area contributed by atoms with Gasteiger partial charge < -0.3 is 19.4 Å². The van der Waals surface area contributed by atoms with Gasteiger partial charge in [0.25, 0.3) is 5.91 Å². The number of carbonyl (C=O) groups is 1. The predicted molar refractivity (Wildman–Crippen MR) is 125 cm³/mol. The van der Waals surface area contributed by atoms with E-state index < -0.39 is 5.91 Å². The lowest BCUT2D eigenvalue weighted by Gasteiger charge is -2.06. The van der Waals surface area contributed by atoms with E-state index in [0.29, 0.717) is 18.0 Å². The molecule has 1 N–H and O–H groups in total. The first-order valence-corrected chi connectivity index (χ1v) is 10.7. The van der Waals surface area contributed by atoms with Crippen molar-refractivity contribution in [3.05, 3.63) is 101 Å². The first-order valence-electron chi connectivity index (χ1n) is 10.7. The summed E-state index contributed by atoms with van der Waals surface area (Å²) in [6.45, 7) is 0.967. The number of hydrogen-bond donors (Lipinski definition) is 1. The Morgan fingerprint density at radius 2 is 1.82 bits per heavy atom. The Hall–Kier alpha value is -4.57. The molecule has 2 heterocycles. The molecule has 0 saturated heterocycles. The normalized spacial score (nSPS) is 12.5. The molecule has 0 bridgehead atoms. The van der Waals surface area contributed by atoms with Gasteiger partial charge in [-0.2, -0.15) is 5.26 Å². The van der Waals surface area contributed by atoms with Crippen LogP contribution in [0.4, 0.5) is 4.39 Å². The molecule has 0 unspecified atom stereocenters. The summed E-state index contributed by atoms with van der Waals surface area (Å²) in [6.07, 6.45) is 3.49. The van der Waals surface area contributed by atoms with Crippen molar-refractivity contribution in [3.8, 4) is 17.6 Å². The molecule has 6 nitrogen and oxygen atoms in total. The topological polar surface area (TPSA) is 76.3 Å². The number of fused-ring (bicyclic) bond motifs is 2. The fourth-order valence-corrected chi connectivity index (χ4v) is 3.94. The number of para-hydroxylation sites is 1. The molecule has 0 radical (unpaired) electrons. The molecule has 1 aromatic heterocycles. The second-order valence-electron chi connectivity index (χ2n) is 7.90. The fourth-order valence-electron chi connectivity index (χ4n) is 3.94. The Labute approximate surface area is 195 Å². The van der Waals surface area contributed by atoms with Crippen LogP contribution >= 0.6 is 0 Å². The van der Waals surface area contributed by atoms with Crippen molar-refractivity contribution in [3.63, 3.8) is 0 Å². The van der Waals surface area contributed by atoms with E-state index in [1.165, 1.54) is 12.1 Å². The average molecular weight is 453 g/mol. The van der Waals surface area contributed by atoms with Crippen LogP contribution in [0.15, 0.2) is 78.5 Å². The summed E-state index contributed by atoms with van der Waals surface area (Å²) < 4.78 is 26.0. The van der Waals surface area contributed by atoms with Crippen LogP contribution < -0.4 is 14.8 Å². The van der Waals surface area contributed by atoms with E-state index in [2.05, 4.69) is 5.32 Å². The highest BCUT2D eigenvalue weighted by atomic mass is 19.1. The van der Waals surface area contributed by atoms with Gasteiger partial charge in [0, 0.05) is 35.8 Å². The van der Waals surface area contributed by atoms with Crippen molar-refractivity contribution in [2.45, 2.75) is 13.1 Å². The Kier molecular flexibility index (Phi) is 5.71. The molecule has 34 heavy (non-hydrogen) atoms. The summed E-state index contributed by atoms with van der Waals surface area (Å²) in [5.74, 6) is 0.562. The summed E-state index contributed by atoms with van der Waals surface area (Å²) in [7, 11) is 0. The molecule has 0 spiro atoms. The smallest absolute Gasteiger partial charge is 0.262 e. The molecule has 7 heteroatoms. The Bertz CT molecular complexity index is 1450. The molecule has 1 aliphatic heterocycles. The first-order chi connectivity index (χ1) is 16.6. The Morgan fingerprint density at radius 3 is 2.65 bits per heavy atom. The van der Waals surface area contributed by atoms with Gasteiger partial charge in [0.1, 0.15) is 17.5 Å². The highest BCUT2D eigenvalue weighted by Crippen LogP contribution is 2.32. The van der Waals surface area contributed by atoms with Crippen molar-refractivity contribution in [2.75, 3.05) is 6.79 Å². The van der Waals surface area contributed by atoms with Gasteiger partial charge >= 0.3 is 0 Å². The number of nitriles is 1. The number of nitrogens with zero attached hydrogens (tertiary/aromatic N) is 2. The van der Waals surface area contributed by atoms with Gasteiger partial charge in [-0.1, -0.05) is 36.4 Å². The number of aromatic nitrogens is 1. The van der Waals surface area contributed by atoms with Crippen LogP contribution in [0.5, 0.6) is 11.5 Å². The number of ether oxygens (including phenoxy) is 2. The molecule has 5 rings (SSSR count). The lowest BCUT2D eigenvalue weighted by atomic mass is 10.1. The summed E-state index contributed by atoms with van der Waals surface area (Å²) in [5, 5.41) is 13.4. The molecular formula is C27H20FN3O3. The summed E-state index contributed by atoms with van der Waals surface area (Å²) in [6, 6.07) is 21.6. The van der Waals surface area contributed by atoms with Crippen molar-refractivity contribution >= 4 is 22.9 Å².